The average Bonchev–Trinajstić information content (AvgIpc) is 3.49. The van der Waals surface area contributed by atoms with Gasteiger partial charge in [0, 0.05) is 34.0 Å². The Labute approximate surface area is 195 Å². The maximum absolute atomic E-state index is 13.2. The van der Waals surface area contributed by atoms with Crippen LogP contribution in [0.5, 0.6) is 0 Å². The molecule has 0 fully saturated rings. The smallest absolute Gasteiger partial charge is 0.351 e. The molecule has 0 radical (unpaired) electrons. The Hall–Kier alpha value is -3.60. The summed E-state index contributed by atoms with van der Waals surface area (Å²) >= 11 is 1.42. The number of hydrogen-bond acceptors (Lipinski definition) is 6. The Morgan fingerprint density at radius 1 is 1.06 bits per heavy atom. The molecule has 0 aliphatic heterocycles. The van der Waals surface area contributed by atoms with E-state index >= 15 is 0 Å². The summed E-state index contributed by atoms with van der Waals surface area (Å²) in [6.45, 7) is 4.10. The summed E-state index contributed by atoms with van der Waals surface area (Å²) in [4.78, 5) is 20.7. The van der Waals surface area contributed by atoms with Gasteiger partial charge in [-0.25, -0.2) is 9.37 Å². The lowest BCUT2D eigenvalue weighted by Gasteiger charge is -2.23. The number of carbonyl (C=O) groups is 1. The molecule has 6 nitrogen and oxygen atoms in total. The van der Waals surface area contributed by atoms with E-state index in [2.05, 4.69) is 25.0 Å². The molecule has 2 aromatic carbocycles. The minimum atomic E-state index is -4.75. The second-order valence-electron chi connectivity index (χ2n) is 8.11. The number of rotatable bonds is 6. The Balaban J connectivity index is 1.45. The van der Waals surface area contributed by atoms with Gasteiger partial charge < -0.3 is 9.84 Å². The molecule has 0 saturated carbocycles. The zero-order valence-corrected chi connectivity index (χ0v) is 18.8. The number of amides is 1. The van der Waals surface area contributed by atoms with Crippen LogP contribution in [-0.4, -0.2) is 27.6 Å². The topological polar surface area (TPSA) is 80.9 Å². The normalized spacial score (nSPS) is 12.1. The van der Waals surface area contributed by atoms with E-state index in [0.717, 1.165) is 16.3 Å². The summed E-state index contributed by atoms with van der Waals surface area (Å²) < 4.78 is 55.6. The van der Waals surface area contributed by atoms with Gasteiger partial charge in [0.1, 0.15) is 10.8 Å². The molecular weight excluding hydrogens is 472 g/mol. The summed E-state index contributed by atoms with van der Waals surface area (Å²) in [6, 6.07) is 12.0. The number of alkyl halides is 3. The van der Waals surface area contributed by atoms with Crippen LogP contribution in [0, 0.1) is 5.82 Å². The van der Waals surface area contributed by atoms with Crippen LogP contribution >= 0.6 is 11.3 Å². The molecule has 0 aliphatic carbocycles. The number of nitrogens with one attached hydrogen (secondary N) is 1. The predicted molar refractivity (Wildman–Crippen MR) is 118 cm³/mol. The molecule has 0 bridgehead atoms. The van der Waals surface area contributed by atoms with Crippen molar-refractivity contribution in [2.24, 2.45) is 0 Å². The standard InChI is InChI=1S/C23H18F4N4O2S/c1-22(2,17-11-34-20(29-17)13-6-8-16(24)9-7-13)12-28-19(32)15-5-3-4-14(10-15)18-30-21(33-31-18)23(25,26)27/h3-11H,12H2,1-2H3,(H,28,32). The van der Waals surface area contributed by atoms with Crippen LogP contribution in [0.2, 0.25) is 0 Å². The van der Waals surface area contributed by atoms with Gasteiger partial charge in [0.05, 0.1) is 5.69 Å². The third kappa shape index (κ3) is 5.14. The highest BCUT2D eigenvalue weighted by atomic mass is 32.1. The molecule has 1 amide bonds. The molecule has 0 aliphatic rings. The zero-order chi connectivity index (χ0) is 24.5. The number of benzene rings is 2. The Morgan fingerprint density at radius 3 is 2.47 bits per heavy atom. The highest BCUT2D eigenvalue weighted by Gasteiger charge is 2.38. The van der Waals surface area contributed by atoms with Crippen LogP contribution in [0.3, 0.4) is 0 Å². The molecular formula is C23H18F4N4O2S. The number of aromatic nitrogens is 3. The van der Waals surface area contributed by atoms with Crippen molar-refractivity contribution in [3.8, 4) is 22.0 Å². The van der Waals surface area contributed by atoms with Gasteiger partial charge in [-0.3, -0.25) is 4.79 Å². The van der Waals surface area contributed by atoms with Crippen molar-refractivity contribution in [2.45, 2.75) is 25.4 Å². The van der Waals surface area contributed by atoms with Crippen LogP contribution in [0.15, 0.2) is 58.4 Å². The number of thiazole rings is 1. The summed E-state index contributed by atoms with van der Waals surface area (Å²) in [5.74, 6) is -2.46. The Kier molecular flexibility index (Phi) is 6.22. The molecule has 11 heteroatoms. The maximum Gasteiger partial charge on any atom is 0.471 e. The fraction of sp³-hybridized carbons (Fsp3) is 0.217. The van der Waals surface area contributed by atoms with E-state index in [4.69, 9.17) is 0 Å². The van der Waals surface area contributed by atoms with Gasteiger partial charge >= 0.3 is 12.1 Å². The monoisotopic (exact) mass is 490 g/mol. The van der Waals surface area contributed by atoms with E-state index in [1.165, 1.54) is 47.7 Å². The highest BCUT2D eigenvalue weighted by Crippen LogP contribution is 2.31. The van der Waals surface area contributed by atoms with Gasteiger partial charge in [0.2, 0.25) is 5.82 Å². The van der Waals surface area contributed by atoms with Crippen molar-refractivity contribution in [3.63, 3.8) is 0 Å². The summed E-state index contributed by atoms with van der Waals surface area (Å²) in [5, 5.41) is 8.80. The second kappa shape index (κ2) is 8.98. The number of halogens is 4. The van der Waals surface area contributed by atoms with Gasteiger partial charge in [-0.15, -0.1) is 11.3 Å². The quantitative estimate of drug-likeness (QED) is 0.350. The van der Waals surface area contributed by atoms with Crippen molar-refractivity contribution in [2.75, 3.05) is 6.54 Å². The number of carbonyl (C=O) groups excluding carboxylic acids is 1. The van der Waals surface area contributed by atoms with Crippen molar-refractivity contribution in [3.05, 3.63) is 76.9 Å². The molecule has 0 spiro atoms. The summed E-state index contributed by atoms with van der Waals surface area (Å²) in [7, 11) is 0. The molecule has 4 aromatic rings. The van der Waals surface area contributed by atoms with Gasteiger partial charge in [-0.2, -0.15) is 18.2 Å². The molecule has 0 unspecified atom stereocenters. The average molecular weight is 490 g/mol. The summed E-state index contributed by atoms with van der Waals surface area (Å²) in [6.07, 6.45) is -4.75. The number of hydrogen-bond donors (Lipinski definition) is 1. The van der Waals surface area contributed by atoms with E-state index < -0.39 is 23.4 Å². The Morgan fingerprint density at radius 2 is 1.79 bits per heavy atom. The van der Waals surface area contributed by atoms with Crippen molar-refractivity contribution in [1.29, 1.82) is 0 Å². The maximum atomic E-state index is 13.2. The molecule has 2 aromatic heterocycles. The van der Waals surface area contributed by atoms with E-state index in [-0.39, 0.29) is 29.3 Å². The minimum Gasteiger partial charge on any atom is -0.351 e. The minimum absolute atomic E-state index is 0.217. The SMILES string of the molecule is CC(C)(CNC(=O)c1cccc(-c2noc(C(F)(F)F)n2)c1)c1csc(-c2ccc(F)cc2)n1. The van der Waals surface area contributed by atoms with Gasteiger partial charge in [0.25, 0.3) is 5.91 Å². The van der Waals surface area contributed by atoms with E-state index in [1.54, 1.807) is 12.1 Å². The molecule has 0 atom stereocenters. The van der Waals surface area contributed by atoms with Gasteiger partial charge in [-0.05, 0) is 36.4 Å². The number of nitrogens with zero attached hydrogens (tertiary/aromatic N) is 3. The van der Waals surface area contributed by atoms with Crippen molar-refractivity contribution < 1.29 is 26.9 Å². The predicted octanol–water partition coefficient (Wildman–Crippen LogP) is 5.73. The second-order valence-corrected chi connectivity index (χ2v) is 8.97. The third-order valence-corrected chi connectivity index (χ3v) is 5.92. The third-order valence-electron chi connectivity index (χ3n) is 5.03. The van der Waals surface area contributed by atoms with E-state index in [1.807, 2.05) is 19.2 Å². The Bertz CT molecular complexity index is 1310. The lowest BCUT2D eigenvalue weighted by Crippen LogP contribution is -2.36. The van der Waals surface area contributed by atoms with Gasteiger partial charge in [0.15, 0.2) is 0 Å². The first-order valence-corrected chi connectivity index (χ1v) is 10.9. The van der Waals surface area contributed by atoms with Crippen molar-refractivity contribution in [1.82, 2.24) is 20.4 Å². The molecule has 176 valence electrons. The van der Waals surface area contributed by atoms with Crippen LogP contribution in [0.4, 0.5) is 17.6 Å². The lowest BCUT2D eigenvalue weighted by molar-refractivity contribution is -0.159. The zero-order valence-electron chi connectivity index (χ0n) is 18.0. The first-order valence-electron chi connectivity index (χ1n) is 10.0. The van der Waals surface area contributed by atoms with Crippen LogP contribution in [-0.2, 0) is 11.6 Å². The summed E-state index contributed by atoms with van der Waals surface area (Å²) in [5.41, 5.74) is 1.49. The largest absolute Gasteiger partial charge is 0.471 e. The van der Waals surface area contributed by atoms with Crippen LogP contribution < -0.4 is 5.32 Å². The lowest BCUT2D eigenvalue weighted by atomic mass is 9.90. The fourth-order valence-corrected chi connectivity index (χ4v) is 4.08. The molecule has 34 heavy (non-hydrogen) atoms. The molecule has 4 rings (SSSR count). The van der Waals surface area contributed by atoms with Crippen LogP contribution in [0.1, 0.15) is 35.8 Å². The first-order chi connectivity index (χ1) is 16.0. The first kappa shape index (κ1) is 23.6. The fourth-order valence-electron chi connectivity index (χ4n) is 3.06. The highest BCUT2D eigenvalue weighted by molar-refractivity contribution is 7.13. The molecule has 0 saturated heterocycles. The van der Waals surface area contributed by atoms with E-state index in [0.29, 0.717) is 0 Å². The molecule has 1 N–H and O–H groups in total. The van der Waals surface area contributed by atoms with E-state index in [9.17, 15) is 22.4 Å². The van der Waals surface area contributed by atoms with Gasteiger partial charge in [-0.1, -0.05) is 31.1 Å². The van der Waals surface area contributed by atoms with Crippen LogP contribution in [0.25, 0.3) is 22.0 Å². The van der Waals surface area contributed by atoms with Crippen molar-refractivity contribution >= 4 is 17.2 Å². The molecule has 2 heterocycles.